The molecule has 0 aromatic heterocycles. The quantitative estimate of drug-likeness (QED) is 0.633. The van der Waals surface area contributed by atoms with Gasteiger partial charge in [-0.2, -0.15) is 0 Å². The summed E-state index contributed by atoms with van der Waals surface area (Å²) in [4.78, 5) is 0. The van der Waals surface area contributed by atoms with E-state index in [1.165, 1.54) is 6.26 Å². The van der Waals surface area contributed by atoms with Gasteiger partial charge in [0.25, 0.3) is 0 Å². The van der Waals surface area contributed by atoms with Crippen LogP contribution in [0.15, 0.2) is 0 Å². The van der Waals surface area contributed by atoms with Crippen LogP contribution in [0, 0.1) is 0 Å². The molecule has 3 N–H and O–H groups in total. The highest BCUT2D eigenvalue weighted by Crippen LogP contribution is 2.34. The largest absolute Gasteiger partial charge is 0.329 e. The van der Waals surface area contributed by atoms with Crippen LogP contribution in [0.25, 0.3) is 0 Å². The Labute approximate surface area is 91.9 Å². The maximum Gasteiger partial charge on any atom is 0.152 e. The summed E-state index contributed by atoms with van der Waals surface area (Å²) in [5, 5.41) is 1.42. The van der Waals surface area contributed by atoms with E-state index >= 15 is 0 Å². The lowest BCUT2D eigenvalue weighted by atomic mass is 9.98. The summed E-state index contributed by atoms with van der Waals surface area (Å²) in [6, 6.07) is 0. The molecule has 0 heterocycles. The second-order valence-electron chi connectivity index (χ2n) is 4.58. The molecule has 6 heteroatoms. The molecular formula is C9H21N3O2S. The standard InChI is InChI=1S/C9H21N3O2S/c1-12(2)11-9(7-10)6-4-5-8(9)15(3,13)14/h8,11H,4-7,10H2,1-3H3. The van der Waals surface area contributed by atoms with Crippen LogP contribution < -0.4 is 11.2 Å². The molecule has 0 amide bonds. The molecule has 0 bridgehead atoms. The highest BCUT2D eigenvalue weighted by Gasteiger charge is 2.47. The molecule has 1 rings (SSSR count). The molecule has 90 valence electrons. The molecular weight excluding hydrogens is 214 g/mol. The lowest BCUT2D eigenvalue weighted by molar-refractivity contribution is 0.168. The topological polar surface area (TPSA) is 75.4 Å². The second kappa shape index (κ2) is 4.37. The fourth-order valence-electron chi connectivity index (χ4n) is 2.52. The van der Waals surface area contributed by atoms with Crippen LogP contribution in [-0.2, 0) is 9.84 Å². The highest BCUT2D eigenvalue weighted by atomic mass is 32.2. The van der Waals surface area contributed by atoms with Crippen LogP contribution in [0.1, 0.15) is 19.3 Å². The predicted molar refractivity (Wildman–Crippen MR) is 61.1 cm³/mol. The van der Waals surface area contributed by atoms with Crippen molar-refractivity contribution in [1.29, 1.82) is 0 Å². The van der Waals surface area contributed by atoms with Gasteiger partial charge in [0.15, 0.2) is 9.84 Å². The highest BCUT2D eigenvalue weighted by molar-refractivity contribution is 7.91. The minimum Gasteiger partial charge on any atom is -0.329 e. The molecule has 1 saturated carbocycles. The predicted octanol–water partition coefficient (Wildman–Crippen LogP) is -0.653. The van der Waals surface area contributed by atoms with E-state index in [-0.39, 0.29) is 5.25 Å². The third-order valence-corrected chi connectivity index (χ3v) is 4.75. The molecule has 5 nitrogen and oxygen atoms in total. The molecule has 2 unspecified atom stereocenters. The van der Waals surface area contributed by atoms with Crippen molar-refractivity contribution < 1.29 is 8.42 Å². The number of hydrogen-bond donors (Lipinski definition) is 2. The normalized spacial score (nSPS) is 32.5. The Balaban J connectivity index is 2.96. The molecule has 0 spiro atoms. The third kappa shape index (κ3) is 2.69. The van der Waals surface area contributed by atoms with Gasteiger partial charge in [-0.05, 0) is 12.8 Å². The zero-order valence-corrected chi connectivity index (χ0v) is 10.5. The van der Waals surface area contributed by atoms with Gasteiger partial charge in [-0.25, -0.2) is 18.9 Å². The smallest absolute Gasteiger partial charge is 0.152 e. The van der Waals surface area contributed by atoms with Crippen molar-refractivity contribution in [3.05, 3.63) is 0 Å². The first-order chi connectivity index (χ1) is 6.82. The molecule has 1 fully saturated rings. The summed E-state index contributed by atoms with van der Waals surface area (Å²) in [5.41, 5.74) is 8.47. The Morgan fingerprint density at radius 2 is 2.13 bits per heavy atom. The molecule has 2 atom stereocenters. The summed E-state index contributed by atoms with van der Waals surface area (Å²) in [7, 11) is 0.675. The maximum absolute atomic E-state index is 11.7. The van der Waals surface area contributed by atoms with Crippen LogP contribution in [0.5, 0.6) is 0 Å². The van der Waals surface area contributed by atoms with E-state index in [9.17, 15) is 8.42 Å². The SMILES string of the molecule is CN(C)NC1(CN)CCCC1S(C)(=O)=O. The minimum atomic E-state index is -3.04. The summed E-state index contributed by atoms with van der Waals surface area (Å²) in [5.74, 6) is 0. The first-order valence-electron chi connectivity index (χ1n) is 5.16. The average Bonchev–Trinajstić information content (AvgIpc) is 2.47. The van der Waals surface area contributed by atoms with Crippen molar-refractivity contribution in [3.63, 3.8) is 0 Å². The summed E-state index contributed by atoms with van der Waals surface area (Å²) in [6.45, 7) is 0.350. The first kappa shape index (κ1) is 12.9. The molecule has 0 aromatic rings. The van der Waals surface area contributed by atoms with Gasteiger partial charge in [0.2, 0.25) is 0 Å². The Morgan fingerprint density at radius 1 is 1.53 bits per heavy atom. The van der Waals surface area contributed by atoms with Crippen molar-refractivity contribution in [1.82, 2.24) is 10.4 Å². The number of nitrogens with one attached hydrogen (secondary N) is 1. The van der Waals surface area contributed by atoms with Gasteiger partial charge in [-0.15, -0.1) is 0 Å². The van der Waals surface area contributed by atoms with Gasteiger partial charge >= 0.3 is 0 Å². The van der Waals surface area contributed by atoms with E-state index in [0.717, 1.165) is 12.8 Å². The fraction of sp³-hybridized carbons (Fsp3) is 1.00. The number of hydrogen-bond acceptors (Lipinski definition) is 5. The van der Waals surface area contributed by atoms with Crippen molar-refractivity contribution in [2.24, 2.45) is 5.73 Å². The van der Waals surface area contributed by atoms with Gasteiger partial charge in [0.05, 0.1) is 10.8 Å². The van der Waals surface area contributed by atoms with Gasteiger partial charge in [-0.1, -0.05) is 6.42 Å². The molecule has 0 aliphatic heterocycles. The molecule has 1 aliphatic rings. The van der Waals surface area contributed by atoms with Gasteiger partial charge in [0.1, 0.15) is 0 Å². The zero-order chi connectivity index (χ0) is 11.7. The molecule has 15 heavy (non-hydrogen) atoms. The minimum absolute atomic E-state index is 0.350. The van der Waals surface area contributed by atoms with Crippen LogP contribution in [0.2, 0.25) is 0 Å². The Morgan fingerprint density at radius 3 is 2.53 bits per heavy atom. The molecule has 0 aromatic carbocycles. The Hall–Kier alpha value is -0.170. The summed E-state index contributed by atoms with van der Waals surface area (Å²) in [6.07, 6.45) is 3.73. The van der Waals surface area contributed by atoms with E-state index in [2.05, 4.69) is 5.43 Å². The lowest BCUT2D eigenvalue weighted by Gasteiger charge is -2.37. The fourth-order valence-corrected chi connectivity index (χ4v) is 4.20. The van der Waals surface area contributed by atoms with E-state index in [1.54, 1.807) is 5.01 Å². The van der Waals surface area contributed by atoms with E-state index in [0.29, 0.717) is 13.0 Å². The van der Waals surface area contributed by atoms with Crippen molar-refractivity contribution in [3.8, 4) is 0 Å². The number of rotatable bonds is 4. The summed E-state index contributed by atoms with van der Waals surface area (Å²) < 4.78 is 23.4. The first-order valence-corrected chi connectivity index (χ1v) is 7.11. The number of nitrogens with zero attached hydrogens (tertiary/aromatic N) is 1. The molecule has 0 radical (unpaired) electrons. The number of sulfone groups is 1. The van der Waals surface area contributed by atoms with E-state index in [1.807, 2.05) is 14.1 Å². The summed E-state index contributed by atoms with van der Waals surface area (Å²) >= 11 is 0. The second-order valence-corrected chi connectivity index (χ2v) is 6.80. The Kier molecular flexibility index (Phi) is 3.76. The lowest BCUT2D eigenvalue weighted by Crippen LogP contribution is -2.62. The average molecular weight is 235 g/mol. The van der Waals surface area contributed by atoms with Crippen LogP contribution >= 0.6 is 0 Å². The van der Waals surface area contributed by atoms with Crippen molar-refractivity contribution in [2.75, 3.05) is 26.9 Å². The van der Waals surface area contributed by atoms with Gasteiger partial charge in [-0.3, -0.25) is 0 Å². The maximum atomic E-state index is 11.7. The zero-order valence-electron chi connectivity index (χ0n) is 9.66. The third-order valence-electron chi connectivity index (χ3n) is 3.03. The number of nitrogens with two attached hydrogens (primary N) is 1. The number of hydrazine groups is 1. The molecule has 1 aliphatic carbocycles. The van der Waals surface area contributed by atoms with Crippen molar-refractivity contribution in [2.45, 2.75) is 30.1 Å². The van der Waals surface area contributed by atoms with E-state index in [4.69, 9.17) is 5.73 Å². The van der Waals surface area contributed by atoms with Crippen molar-refractivity contribution >= 4 is 9.84 Å². The Bertz CT molecular complexity index is 315. The van der Waals surface area contributed by atoms with Crippen LogP contribution in [0.3, 0.4) is 0 Å². The van der Waals surface area contributed by atoms with Gasteiger partial charge in [0, 0.05) is 26.9 Å². The van der Waals surface area contributed by atoms with Gasteiger partial charge < -0.3 is 5.73 Å². The van der Waals surface area contributed by atoms with Crippen LogP contribution in [-0.4, -0.2) is 51.1 Å². The molecule has 0 saturated heterocycles. The van der Waals surface area contributed by atoms with E-state index < -0.39 is 15.4 Å². The monoisotopic (exact) mass is 235 g/mol. The van der Waals surface area contributed by atoms with Crippen LogP contribution in [0.4, 0.5) is 0 Å².